The molecule has 2 N–H and O–H groups in total. The molecule has 4 heteroatoms. The van der Waals surface area contributed by atoms with Gasteiger partial charge in [0.05, 0.1) is 0 Å². The SMILES string of the molecule is C[C@@H](CC(C)(C)OC(N)=O)c1ccc(-c2ccncc2)cc1. The van der Waals surface area contributed by atoms with Crippen molar-refractivity contribution >= 4 is 6.09 Å². The number of carbonyl (C=O) groups is 1. The number of nitrogens with two attached hydrogens (primary N) is 1. The highest BCUT2D eigenvalue weighted by molar-refractivity contribution is 5.65. The Hall–Kier alpha value is -2.36. The largest absolute Gasteiger partial charge is 0.444 e. The van der Waals surface area contributed by atoms with Gasteiger partial charge in [0.15, 0.2) is 0 Å². The molecule has 1 aromatic heterocycles. The smallest absolute Gasteiger partial charge is 0.405 e. The first kappa shape index (κ1) is 16.0. The molecule has 0 saturated carbocycles. The first-order valence-corrected chi connectivity index (χ1v) is 7.36. The summed E-state index contributed by atoms with van der Waals surface area (Å²) in [6, 6.07) is 12.4. The minimum Gasteiger partial charge on any atom is -0.444 e. The van der Waals surface area contributed by atoms with Gasteiger partial charge in [-0.25, -0.2) is 4.79 Å². The average Bonchev–Trinajstić information content (AvgIpc) is 2.46. The number of rotatable bonds is 5. The number of ether oxygens (including phenoxy) is 1. The van der Waals surface area contributed by atoms with Crippen LogP contribution in [-0.4, -0.2) is 16.7 Å². The Morgan fingerprint density at radius 1 is 1.14 bits per heavy atom. The molecule has 0 aliphatic carbocycles. The first-order chi connectivity index (χ1) is 10.4. The van der Waals surface area contributed by atoms with E-state index in [0.717, 1.165) is 11.1 Å². The summed E-state index contributed by atoms with van der Waals surface area (Å²) in [5.41, 5.74) is 8.05. The number of hydrogen-bond donors (Lipinski definition) is 1. The van der Waals surface area contributed by atoms with Crippen molar-refractivity contribution in [2.75, 3.05) is 0 Å². The van der Waals surface area contributed by atoms with Crippen molar-refractivity contribution in [2.24, 2.45) is 5.73 Å². The van der Waals surface area contributed by atoms with Crippen LogP contribution in [0.15, 0.2) is 48.8 Å². The third-order valence-electron chi connectivity index (χ3n) is 3.67. The Balaban J connectivity index is 2.08. The second-order valence-electron chi connectivity index (χ2n) is 6.14. The maximum atomic E-state index is 10.9. The number of hydrogen-bond acceptors (Lipinski definition) is 3. The van der Waals surface area contributed by atoms with Crippen LogP contribution >= 0.6 is 0 Å². The zero-order valence-electron chi connectivity index (χ0n) is 13.2. The summed E-state index contributed by atoms with van der Waals surface area (Å²) in [6.45, 7) is 5.87. The zero-order valence-corrected chi connectivity index (χ0v) is 13.2. The second kappa shape index (κ2) is 6.60. The van der Waals surface area contributed by atoms with Crippen molar-refractivity contribution in [3.63, 3.8) is 0 Å². The van der Waals surface area contributed by atoms with Crippen LogP contribution in [0.1, 0.15) is 38.7 Å². The molecule has 0 unspecified atom stereocenters. The van der Waals surface area contributed by atoms with Crippen molar-refractivity contribution in [1.82, 2.24) is 4.98 Å². The molecule has 0 spiro atoms. The molecular weight excluding hydrogens is 276 g/mol. The lowest BCUT2D eigenvalue weighted by molar-refractivity contribution is 0.0349. The van der Waals surface area contributed by atoms with E-state index in [9.17, 15) is 4.79 Å². The highest BCUT2D eigenvalue weighted by atomic mass is 16.6. The Morgan fingerprint density at radius 2 is 1.68 bits per heavy atom. The number of primary amides is 1. The minimum atomic E-state index is -0.731. The Labute approximate surface area is 131 Å². The lowest BCUT2D eigenvalue weighted by atomic mass is 9.88. The molecule has 0 aliphatic rings. The topological polar surface area (TPSA) is 65.2 Å². The van der Waals surface area contributed by atoms with Gasteiger partial charge in [0, 0.05) is 12.4 Å². The minimum absolute atomic E-state index is 0.265. The van der Waals surface area contributed by atoms with Gasteiger partial charge in [-0.05, 0) is 55.0 Å². The van der Waals surface area contributed by atoms with Crippen LogP contribution in [0.3, 0.4) is 0 Å². The lowest BCUT2D eigenvalue weighted by Gasteiger charge is -2.27. The van der Waals surface area contributed by atoms with Crippen molar-refractivity contribution in [3.05, 3.63) is 54.4 Å². The van der Waals surface area contributed by atoms with Crippen molar-refractivity contribution in [3.8, 4) is 11.1 Å². The van der Waals surface area contributed by atoms with Crippen LogP contribution in [0.25, 0.3) is 11.1 Å². The van der Waals surface area contributed by atoms with Gasteiger partial charge in [0.2, 0.25) is 0 Å². The third-order valence-corrected chi connectivity index (χ3v) is 3.67. The molecule has 4 nitrogen and oxygen atoms in total. The van der Waals surface area contributed by atoms with Crippen molar-refractivity contribution < 1.29 is 9.53 Å². The van der Waals surface area contributed by atoms with E-state index in [2.05, 4.69) is 36.2 Å². The number of carbonyl (C=O) groups excluding carboxylic acids is 1. The van der Waals surface area contributed by atoms with E-state index in [1.165, 1.54) is 5.56 Å². The Kier molecular flexibility index (Phi) is 4.81. The van der Waals surface area contributed by atoms with Crippen molar-refractivity contribution in [2.45, 2.75) is 38.7 Å². The second-order valence-corrected chi connectivity index (χ2v) is 6.14. The van der Waals surface area contributed by atoms with Gasteiger partial charge in [-0.3, -0.25) is 4.98 Å². The summed E-state index contributed by atoms with van der Waals surface area (Å²) in [4.78, 5) is 15.0. The van der Waals surface area contributed by atoms with Crippen LogP contribution in [0, 0.1) is 0 Å². The fourth-order valence-corrected chi connectivity index (χ4v) is 2.72. The summed E-state index contributed by atoms with van der Waals surface area (Å²) < 4.78 is 5.15. The monoisotopic (exact) mass is 298 g/mol. The average molecular weight is 298 g/mol. The molecule has 0 radical (unpaired) electrons. The van der Waals surface area contributed by atoms with Crippen LogP contribution < -0.4 is 5.73 Å². The number of benzene rings is 1. The molecule has 0 aliphatic heterocycles. The van der Waals surface area contributed by atoms with E-state index in [4.69, 9.17) is 10.5 Å². The van der Waals surface area contributed by atoms with Gasteiger partial charge < -0.3 is 10.5 Å². The van der Waals surface area contributed by atoms with E-state index in [0.29, 0.717) is 6.42 Å². The summed E-state index contributed by atoms with van der Waals surface area (Å²) >= 11 is 0. The molecule has 0 saturated heterocycles. The molecule has 116 valence electrons. The van der Waals surface area contributed by atoms with Crippen LogP contribution in [0.4, 0.5) is 4.79 Å². The summed E-state index contributed by atoms with van der Waals surface area (Å²) in [6.07, 6.45) is 3.56. The van der Waals surface area contributed by atoms with E-state index < -0.39 is 11.7 Å². The molecule has 1 aromatic carbocycles. The fraction of sp³-hybridized carbons (Fsp3) is 0.333. The van der Waals surface area contributed by atoms with Gasteiger partial charge in [0.25, 0.3) is 0 Å². The predicted octanol–water partition coefficient (Wildman–Crippen LogP) is 4.12. The summed E-state index contributed by atoms with van der Waals surface area (Å²) in [7, 11) is 0. The molecule has 1 atom stereocenters. The van der Waals surface area contributed by atoms with Crippen LogP contribution in [0.5, 0.6) is 0 Å². The maximum absolute atomic E-state index is 10.9. The lowest BCUT2D eigenvalue weighted by Crippen LogP contribution is -2.32. The maximum Gasteiger partial charge on any atom is 0.405 e. The standard InChI is InChI=1S/C18H22N2O2/c1-13(12-18(2,3)22-17(19)21)14-4-6-15(7-5-14)16-8-10-20-11-9-16/h4-11,13H,12H2,1-3H3,(H2,19,21)/t13-/m0/s1. The van der Waals surface area contributed by atoms with Crippen molar-refractivity contribution in [1.29, 1.82) is 0 Å². The highest BCUT2D eigenvalue weighted by Crippen LogP contribution is 2.29. The number of amides is 1. The molecule has 2 rings (SSSR count). The molecule has 22 heavy (non-hydrogen) atoms. The zero-order chi connectivity index (χ0) is 16.2. The fourth-order valence-electron chi connectivity index (χ4n) is 2.72. The number of aromatic nitrogens is 1. The van der Waals surface area contributed by atoms with Crippen LogP contribution in [0.2, 0.25) is 0 Å². The summed E-state index contributed by atoms with van der Waals surface area (Å²) in [5, 5.41) is 0. The van der Waals surface area contributed by atoms with E-state index in [1.54, 1.807) is 12.4 Å². The normalized spacial score (nSPS) is 12.7. The number of nitrogens with zero attached hydrogens (tertiary/aromatic N) is 1. The van der Waals surface area contributed by atoms with Crippen LogP contribution in [-0.2, 0) is 4.74 Å². The van der Waals surface area contributed by atoms with Gasteiger partial charge in [0.1, 0.15) is 5.60 Å². The van der Waals surface area contributed by atoms with Gasteiger partial charge >= 0.3 is 6.09 Å². The highest BCUT2D eigenvalue weighted by Gasteiger charge is 2.25. The molecule has 2 aromatic rings. The van der Waals surface area contributed by atoms with Gasteiger partial charge in [-0.2, -0.15) is 0 Å². The Morgan fingerprint density at radius 3 is 2.23 bits per heavy atom. The molecule has 1 amide bonds. The first-order valence-electron chi connectivity index (χ1n) is 7.36. The predicted molar refractivity (Wildman–Crippen MR) is 87.5 cm³/mol. The molecule has 0 fully saturated rings. The van der Waals surface area contributed by atoms with E-state index in [1.807, 2.05) is 26.0 Å². The van der Waals surface area contributed by atoms with E-state index in [-0.39, 0.29) is 5.92 Å². The quantitative estimate of drug-likeness (QED) is 0.903. The van der Waals surface area contributed by atoms with E-state index >= 15 is 0 Å². The molecule has 0 bridgehead atoms. The molecule has 1 heterocycles. The van der Waals surface area contributed by atoms with Gasteiger partial charge in [-0.15, -0.1) is 0 Å². The molecular formula is C18H22N2O2. The Bertz CT molecular complexity index is 621. The van der Waals surface area contributed by atoms with Gasteiger partial charge in [-0.1, -0.05) is 31.2 Å². The summed E-state index contributed by atoms with van der Waals surface area (Å²) in [5.74, 6) is 0.265. The number of pyridine rings is 1. The third kappa shape index (κ3) is 4.32.